The lowest BCUT2D eigenvalue weighted by Gasteiger charge is -2.27. The predicted octanol–water partition coefficient (Wildman–Crippen LogP) is -0.269. The molecular formula is C11H20N2O2. The fourth-order valence-corrected chi connectivity index (χ4v) is 2.47. The molecule has 0 bridgehead atoms. The highest BCUT2D eigenvalue weighted by atomic mass is 16.3. The third kappa shape index (κ3) is 2.49. The molecule has 0 aromatic rings. The Morgan fingerprint density at radius 2 is 2.07 bits per heavy atom. The van der Waals surface area contributed by atoms with Gasteiger partial charge in [-0.1, -0.05) is 6.42 Å². The summed E-state index contributed by atoms with van der Waals surface area (Å²) >= 11 is 0. The summed E-state index contributed by atoms with van der Waals surface area (Å²) in [7, 11) is 0. The molecule has 0 aromatic carbocycles. The lowest BCUT2D eigenvalue weighted by Crippen LogP contribution is -2.51. The van der Waals surface area contributed by atoms with Crippen molar-refractivity contribution in [1.82, 2.24) is 10.6 Å². The van der Waals surface area contributed by atoms with Gasteiger partial charge in [0.2, 0.25) is 5.91 Å². The van der Waals surface area contributed by atoms with Crippen LogP contribution in [0.25, 0.3) is 0 Å². The molecule has 15 heavy (non-hydrogen) atoms. The van der Waals surface area contributed by atoms with E-state index in [2.05, 4.69) is 10.6 Å². The largest absolute Gasteiger partial charge is 0.396 e. The van der Waals surface area contributed by atoms with Gasteiger partial charge in [0.15, 0.2) is 0 Å². The monoisotopic (exact) mass is 212 g/mol. The van der Waals surface area contributed by atoms with Crippen LogP contribution in [0.4, 0.5) is 0 Å². The molecule has 0 aromatic heterocycles. The Morgan fingerprint density at radius 3 is 2.67 bits per heavy atom. The van der Waals surface area contributed by atoms with Crippen LogP contribution in [-0.2, 0) is 4.79 Å². The van der Waals surface area contributed by atoms with Crippen molar-refractivity contribution in [2.75, 3.05) is 26.2 Å². The minimum absolute atomic E-state index is 0.178. The second kappa shape index (κ2) is 4.94. The molecule has 2 rings (SSSR count). The lowest BCUT2D eigenvalue weighted by molar-refractivity contribution is -0.126. The Bertz CT molecular complexity index is 229. The van der Waals surface area contributed by atoms with E-state index < -0.39 is 0 Å². The molecule has 2 aliphatic rings. The van der Waals surface area contributed by atoms with E-state index in [-0.39, 0.29) is 18.4 Å². The maximum absolute atomic E-state index is 11.6. The van der Waals surface area contributed by atoms with Gasteiger partial charge >= 0.3 is 0 Å². The molecule has 1 amide bonds. The van der Waals surface area contributed by atoms with Crippen LogP contribution in [0, 0.1) is 17.8 Å². The molecule has 2 atom stereocenters. The third-order valence-electron chi connectivity index (χ3n) is 3.74. The van der Waals surface area contributed by atoms with E-state index >= 15 is 0 Å². The highest BCUT2D eigenvalue weighted by Gasteiger charge is 2.29. The minimum atomic E-state index is 0.178. The lowest BCUT2D eigenvalue weighted by atomic mass is 9.96. The van der Waals surface area contributed by atoms with Crippen LogP contribution in [0.15, 0.2) is 0 Å². The van der Waals surface area contributed by atoms with Crippen molar-refractivity contribution in [3.8, 4) is 0 Å². The van der Waals surface area contributed by atoms with Crippen LogP contribution in [0.1, 0.15) is 19.3 Å². The van der Waals surface area contributed by atoms with Crippen molar-refractivity contribution in [1.29, 1.82) is 0 Å². The summed E-state index contributed by atoms with van der Waals surface area (Å²) in [5.74, 6) is 1.26. The van der Waals surface area contributed by atoms with Crippen LogP contribution in [0.3, 0.4) is 0 Å². The summed E-state index contributed by atoms with van der Waals surface area (Å²) in [6.45, 7) is 2.66. The predicted molar refractivity (Wildman–Crippen MR) is 57.3 cm³/mol. The zero-order valence-corrected chi connectivity index (χ0v) is 9.04. The van der Waals surface area contributed by atoms with Crippen LogP contribution >= 0.6 is 0 Å². The third-order valence-corrected chi connectivity index (χ3v) is 3.74. The number of carbonyl (C=O) groups is 1. The first kappa shape index (κ1) is 10.9. The molecule has 0 spiro atoms. The first-order chi connectivity index (χ1) is 7.31. The highest BCUT2D eigenvalue weighted by molar-refractivity contribution is 5.79. The van der Waals surface area contributed by atoms with E-state index in [0.717, 1.165) is 32.5 Å². The number of carbonyl (C=O) groups excluding carboxylic acids is 1. The fraction of sp³-hybridized carbons (Fsp3) is 0.909. The van der Waals surface area contributed by atoms with Crippen molar-refractivity contribution in [2.24, 2.45) is 17.8 Å². The van der Waals surface area contributed by atoms with Gasteiger partial charge in [-0.15, -0.1) is 0 Å². The number of aliphatic hydroxyl groups excluding tert-OH is 1. The van der Waals surface area contributed by atoms with Gasteiger partial charge < -0.3 is 15.7 Å². The fourth-order valence-electron chi connectivity index (χ4n) is 2.47. The van der Waals surface area contributed by atoms with Crippen LogP contribution in [0.5, 0.6) is 0 Å². The van der Waals surface area contributed by atoms with Gasteiger partial charge in [0.05, 0.1) is 5.92 Å². The summed E-state index contributed by atoms with van der Waals surface area (Å²) in [6, 6.07) is 0. The molecule has 1 saturated heterocycles. The van der Waals surface area contributed by atoms with E-state index in [0.29, 0.717) is 11.8 Å². The highest BCUT2D eigenvalue weighted by Crippen LogP contribution is 2.30. The van der Waals surface area contributed by atoms with Crippen molar-refractivity contribution in [3.63, 3.8) is 0 Å². The Balaban J connectivity index is 1.70. The van der Waals surface area contributed by atoms with Gasteiger partial charge in [-0.05, 0) is 24.7 Å². The molecule has 1 aliphatic carbocycles. The van der Waals surface area contributed by atoms with Crippen LogP contribution in [0.2, 0.25) is 0 Å². The zero-order chi connectivity index (χ0) is 10.7. The van der Waals surface area contributed by atoms with E-state index in [4.69, 9.17) is 5.11 Å². The SMILES string of the molecule is O=C(NCC1CCCC1CO)C1CNC1. The summed E-state index contributed by atoms with van der Waals surface area (Å²) in [5.41, 5.74) is 0. The molecule has 1 aliphatic heterocycles. The van der Waals surface area contributed by atoms with Gasteiger partial charge in [0, 0.05) is 26.2 Å². The van der Waals surface area contributed by atoms with Gasteiger partial charge in [-0.25, -0.2) is 0 Å². The second-order valence-electron chi connectivity index (χ2n) is 4.73. The summed E-state index contributed by atoms with van der Waals surface area (Å²) in [4.78, 5) is 11.6. The van der Waals surface area contributed by atoms with Crippen molar-refractivity contribution >= 4 is 5.91 Å². The quantitative estimate of drug-likeness (QED) is 0.601. The number of hydrogen-bond donors (Lipinski definition) is 3. The number of hydrogen-bond acceptors (Lipinski definition) is 3. The van der Waals surface area contributed by atoms with Crippen molar-refractivity contribution in [3.05, 3.63) is 0 Å². The molecule has 4 nitrogen and oxygen atoms in total. The Labute approximate surface area is 90.4 Å². The van der Waals surface area contributed by atoms with Crippen molar-refractivity contribution < 1.29 is 9.90 Å². The first-order valence-electron chi connectivity index (χ1n) is 5.90. The summed E-state index contributed by atoms with van der Waals surface area (Å²) in [5, 5.41) is 15.2. The molecule has 0 radical (unpaired) electrons. The number of rotatable bonds is 4. The molecule has 3 N–H and O–H groups in total. The van der Waals surface area contributed by atoms with E-state index in [1.165, 1.54) is 6.42 Å². The van der Waals surface area contributed by atoms with Gasteiger partial charge in [0.25, 0.3) is 0 Å². The molecule has 86 valence electrons. The van der Waals surface area contributed by atoms with Gasteiger partial charge in [0.1, 0.15) is 0 Å². The smallest absolute Gasteiger partial charge is 0.225 e. The van der Waals surface area contributed by atoms with Gasteiger partial charge in [-0.3, -0.25) is 4.79 Å². The summed E-state index contributed by atoms with van der Waals surface area (Å²) < 4.78 is 0. The minimum Gasteiger partial charge on any atom is -0.396 e. The summed E-state index contributed by atoms with van der Waals surface area (Å²) in [6.07, 6.45) is 3.45. The van der Waals surface area contributed by atoms with E-state index in [1.807, 2.05) is 0 Å². The number of aliphatic hydroxyl groups is 1. The zero-order valence-electron chi connectivity index (χ0n) is 9.04. The average molecular weight is 212 g/mol. The van der Waals surface area contributed by atoms with Gasteiger partial charge in [-0.2, -0.15) is 0 Å². The first-order valence-corrected chi connectivity index (χ1v) is 5.90. The van der Waals surface area contributed by atoms with E-state index in [9.17, 15) is 4.79 Å². The molecule has 1 heterocycles. The molecule has 2 unspecified atom stereocenters. The molecule has 4 heteroatoms. The Hall–Kier alpha value is -0.610. The number of nitrogens with one attached hydrogen (secondary N) is 2. The maximum atomic E-state index is 11.6. The van der Waals surface area contributed by atoms with E-state index in [1.54, 1.807) is 0 Å². The molecule has 1 saturated carbocycles. The molecular weight excluding hydrogens is 192 g/mol. The Kier molecular flexibility index (Phi) is 3.59. The van der Waals surface area contributed by atoms with Crippen LogP contribution in [-0.4, -0.2) is 37.3 Å². The van der Waals surface area contributed by atoms with Crippen LogP contribution < -0.4 is 10.6 Å². The second-order valence-corrected chi connectivity index (χ2v) is 4.73. The molecule has 2 fully saturated rings. The number of amides is 1. The topological polar surface area (TPSA) is 61.4 Å². The average Bonchev–Trinajstić information content (AvgIpc) is 2.58. The normalized spacial score (nSPS) is 31.3. The van der Waals surface area contributed by atoms with Crippen molar-refractivity contribution in [2.45, 2.75) is 19.3 Å². The maximum Gasteiger partial charge on any atom is 0.225 e. The standard InChI is InChI=1S/C11H20N2O2/c14-7-9-3-1-2-8(9)6-13-11(15)10-4-12-5-10/h8-10,12,14H,1-7H2,(H,13,15). The Morgan fingerprint density at radius 1 is 1.33 bits per heavy atom.